The van der Waals surface area contributed by atoms with Gasteiger partial charge < -0.3 is 19.7 Å². The Hall–Kier alpha value is -1.14. The highest BCUT2D eigenvalue weighted by Crippen LogP contribution is 2.55. The van der Waals surface area contributed by atoms with Gasteiger partial charge in [0.05, 0.1) is 12.2 Å². The average Bonchev–Trinajstić information content (AvgIpc) is 2.75. The van der Waals surface area contributed by atoms with Crippen LogP contribution in [0.4, 0.5) is 0 Å². The van der Waals surface area contributed by atoms with E-state index in [1.807, 2.05) is 0 Å². The van der Waals surface area contributed by atoms with Crippen LogP contribution >= 0.6 is 0 Å². The lowest BCUT2D eigenvalue weighted by molar-refractivity contribution is -0.153. The number of aliphatic carboxylic acids is 2. The molecule has 0 spiro atoms. The summed E-state index contributed by atoms with van der Waals surface area (Å²) < 4.78 is 11.7. The van der Waals surface area contributed by atoms with E-state index >= 15 is 0 Å². The Bertz CT molecular complexity index is 555. The highest BCUT2D eigenvalue weighted by Gasteiger charge is 2.49. The Kier molecular flexibility index (Phi) is 7.35. The van der Waals surface area contributed by atoms with Gasteiger partial charge in [-0.25, -0.2) is 9.59 Å². The summed E-state index contributed by atoms with van der Waals surface area (Å²) in [6, 6.07) is 0. The first-order valence-corrected chi connectivity index (χ1v) is 12.2. The van der Waals surface area contributed by atoms with Crippen LogP contribution in [0.25, 0.3) is 0 Å². The molecule has 0 radical (unpaired) electrons. The Morgan fingerprint density at radius 1 is 0.533 bits per heavy atom. The minimum atomic E-state index is -0.866. The lowest BCUT2D eigenvalue weighted by atomic mass is 9.54. The van der Waals surface area contributed by atoms with E-state index in [1.54, 1.807) is 0 Å². The monoisotopic (exact) mass is 422 g/mol. The number of carbonyl (C=O) groups is 2. The van der Waals surface area contributed by atoms with Gasteiger partial charge in [-0.15, -0.1) is 0 Å². The van der Waals surface area contributed by atoms with E-state index in [2.05, 4.69) is 0 Å². The van der Waals surface area contributed by atoms with Crippen molar-refractivity contribution >= 4 is 11.9 Å². The zero-order valence-corrected chi connectivity index (χ0v) is 18.0. The third kappa shape index (κ3) is 4.85. The molecule has 0 aromatic rings. The highest BCUT2D eigenvalue weighted by atomic mass is 16.5. The van der Waals surface area contributed by atoms with E-state index in [1.165, 1.54) is 51.4 Å². The number of carboxylic acids is 2. The molecule has 30 heavy (non-hydrogen) atoms. The van der Waals surface area contributed by atoms with Crippen molar-refractivity contribution in [2.24, 2.45) is 35.5 Å². The third-order valence-electron chi connectivity index (χ3n) is 8.75. The molecule has 0 bridgehead atoms. The molecule has 0 saturated heterocycles. The summed E-state index contributed by atoms with van der Waals surface area (Å²) in [4.78, 5) is 22.0. The lowest BCUT2D eigenvalue weighted by Crippen LogP contribution is -2.48. The second kappa shape index (κ2) is 9.99. The normalized spacial score (nSPS) is 41.5. The fraction of sp³-hybridized carbons (Fsp3) is 0.917. The van der Waals surface area contributed by atoms with E-state index in [0.29, 0.717) is 35.5 Å². The molecule has 8 unspecified atom stereocenters. The Morgan fingerprint density at radius 2 is 0.833 bits per heavy atom. The second-order valence-electron chi connectivity index (χ2n) is 10.2. The fourth-order valence-electron chi connectivity index (χ4n) is 7.82. The van der Waals surface area contributed by atoms with Crippen LogP contribution in [-0.4, -0.2) is 47.6 Å². The van der Waals surface area contributed by atoms with Gasteiger partial charge in [-0.3, -0.25) is 0 Å². The fourth-order valence-corrected chi connectivity index (χ4v) is 7.82. The molecule has 8 atom stereocenters. The van der Waals surface area contributed by atoms with Crippen LogP contribution in [-0.2, 0) is 19.1 Å². The Balaban J connectivity index is 1.45. The van der Waals surface area contributed by atoms with Crippen molar-refractivity contribution in [2.75, 3.05) is 13.2 Å². The van der Waals surface area contributed by atoms with Crippen LogP contribution in [0.5, 0.6) is 0 Å². The van der Waals surface area contributed by atoms with E-state index < -0.39 is 11.9 Å². The number of carboxylic acid groups (broad SMARTS) is 2. The van der Waals surface area contributed by atoms with Crippen molar-refractivity contribution in [3.63, 3.8) is 0 Å². The van der Waals surface area contributed by atoms with Gasteiger partial charge in [-0.2, -0.15) is 0 Å². The predicted molar refractivity (Wildman–Crippen MR) is 111 cm³/mol. The maximum Gasteiger partial charge on any atom is 0.329 e. The Morgan fingerprint density at radius 3 is 1.20 bits per heavy atom. The standard InChI is InChI=1S/C24H38O6/c25-23(26)13-29-21-11-3-7-17-15(5-1-9-19(17)21)16-6-2-10-20-18(16)8-4-12-22(20)30-14-24(27)28/h15-22H,1-14H2,(H,25,26)(H,27,28). The summed E-state index contributed by atoms with van der Waals surface area (Å²) in [7, 11) is 0. The number of fused-ring (bicyclic) bond motifs is 2. The maximum absolute atomic E-state index is 11.0. The molecule has 4 rings (SSSR count). The molecule has 4 aliphatic carbocycles. The first-order valence-electron chi connectivity index (χ1n) is 12.2. The zero-order chi connectivity index (χ0) is 21.1. The molecule has 6 heteroatoms. The van der Waals surface area contributed by atoms with Crippen molar-refractivity contribution < 1.29 is 29.3 Å². The average molecular weight is 423 g/mol. The summed E-state index contributed by atoms with van der Waals surface area (Å²) in [6.07, 6.45) is 14.4. The summed E-state index contributed by atoms with van der Waals surface area (Å²) in [5, 5.41) is 18.1. The minimum absolute atomic E-state index is 0.111. The van der Waals surface area contributed by atoms with E-state index in [9.17, 15) is 9.59 Å². The molecule has 0 aromatic heterocycles. The first kappa shape index (κ1) is 22.1. The zero-order valence-electron chi connectivity index (χ0n) is 18.0. The lowest BCUT2D eigenvalue weighted by Gasteiger charge is -2.53. The van der Waals surface area contributed by atoms with Crippen LogP contribution in [0.3, 0.4) is 0 Å². The van der Waals surface area contributed by atoms with Gasteiger partial charge in [0, 0.05) is 0 Å². The molecular weight excluding hydrogens is 384 g/mol. The minimum Gasteiger partial charge on any atom is -0.480 e. The highest BCUT2D eigenvalue weighted by molar-refractivity contribution is 5.68. The summed E-state index contributed by atoms with van der Waals surface area (Å²) >= 11 is 0. The predicted octanol–water partition coefficient (Wildman–Crippen LogP) is 4.36. The molecule has 0 heterocycles. The van der Waals surface area contributed by atoms with Gasteiger partial charge in [0.25, 0.3) is 0 Å². The molecule has 4 fully saturated rings. The molecule has 2 N–H and O–H groups in total. The first-order chi connectivity index (χ1) is 14.5. The van der Waals surface area contributed by atoms with Gasteiger partial charge in [0.1, 0.15) is 13.2 Å². The summed E-state index contributed by atoms with van der Waals surface area (Å²) in [6.45, 7) is -0.343. The van der Waals surface area contributed by atoms with Gasteiger partial charge in [-0.1, -0.05) is 25.7 Å². The molecule has 0 amide bonds. The molecule has 0 aliphatic heterocycles. The maximum atomic E-state index is 11.0. The van der Waals surface area contributed by atoms with Gasteiger partial charge in [-0.05, 0) is 86.9 Å². The van der Waals surface area contributed by atoms with E-state index in [-0.39, 0.29) is 25.4 Å². The van der Waals surface area contributed by atoms with Crippen LogP contribution in [0.15, 0.2) is 0 Å². The van der Waals surface area contributed by atoms with E-state index in [0.717, 1.165) is 25.7 Å². The molecule has 6 nitrogen and oxygen atoms in total. The molecule has 0 aromatic carbocycles. The number of hydrogen-bond donors (Lipinski definition) is 2. The quantitative estimate of drug-likeness (QED) is 0.633. The Labute approximate surface area is 179 Å². The molecule has 4 saturated carbocycles. The second-order valence-corrected chi connectivity index (χ2v) is 10.2. The van der Waals surface area contributed by atoms with E-state index in [4.69, 9.17) is 19.7 Å². The van der Waals surface area contributed by atoms with Gasteiger partial charge in [0.15, 0.2) is 0 Å². The summed E-state index contributed by atoms with van der Waals surface area (Å²) in [5.41, 5.74) is 0. The van der Waals surface area contributed by atoms with Crippen molar-refractivity contribution in [1.29, 1.82) is 0 Å². The summed E-state index contributed by atoms with van der Waals surface area (Å²) in [5.74, 6) is 2.05. The van der Waals surface area contributed by atoms with Crippen molar-refractivity contribution in [3.05, 3.63) is 0 Å². The van der Waals surface area contributed by atoms with Gasteiger partial charge >= 0.3 is 11.9 Å². The van der Waals surface area contributed by atoms with Crippen LogP contribution in [0.1, 0.15) is 77.0 Å². The van der Waals surface area contributed by atoms with Crippen molar-refractivity contribution in [3.8, 4) is 0 Å². The van der Waals surface area contributed by atoms with Gasteiger partial charge in [0.2, 0.25) is 0 Å². The molecule has 4 aliphatic rings. The number of rotatable bonds is 7. The van der Waals surface area contributed by atoms with Crippen LogP contribution < -0.4 is 0 Å². The van der Waals surface area contributed by atoms with Crippen molar-refractivity contribution in [1.82, 2.24) is 0 Å². The smallest absolute Gasteiger partial charge is 0.329 e. The molecule has 170 valence electrons. The third-order valence-corrected chi connectivity index (χ3v) is 8.75. The number of hydrogen-bond acceptors (Lipinski definition) is 4. The van der Waals surface area contributed by atoms with Crippen molar-refractivity contribution in [2.45, 2.75) is 89.3 Å². The van der Waals surface area contributed by atoms with Crippen LogP contribution in [0.2, 0.25) is 0 Å². The largest absolute Gasteiger partial charge is 0.480 e. The topological polar surface area (TPSA) is 93.1 Å². The molecular formula is C24H38O6. The SMILES string of the molecule is O=C(O)COC1CCCC2C1CCCC2C1CCCC2C(OCC(=O)O)CCCC21. The van der Waals surface area contributed by atoms with Crippen LogP contribution in [0, 0.1) is 35.5 Å². The number of ether oxygens (including phenoxy) is 2.